The summed E-state index contributed by atoms with van der Waals surface area (Å²) in [5, 5.41) is 32.6. The molecule has 1 aromatic carbocycles. The fourth-order valence-electron chi connectivity index (χ4n) is 3.32. The Balaban J connectivity index is 2.15. The average molecular weight is 435 g/mol. The Morgan fingerprint density at radius 3 is 2.57 bits per heavy atom. The van der Waals surface area contributed by atoms with E-state index in [-0.39, 0.29) is 43.7 Å². The van der Waals surface area contributed by atoms with Gasteiger partial charge in [-0.25, -0.2) is 9.78 Å². The first-order valence-electron chi connectivity index (χ1n) is 9.32. The fraction of sp³-hybridized carbons (Fsp3) is 0.300. The third kappa shape index (κ3) is 4.19. The molecule has 10 heteroatoms. The molecule has 0 amide bonds. The molecule has 3 aromatic rings. The summed E-state index contributed by atoms with van der Waals surface area (Å²) >= 11 is 6.58. The van der Waals surface area contributed by atoms with Gasteiger partial charge in [0, 0.05) is 23.7 Å². The Bertz CT molecular complexity index is 1020. The summed E-state index contributed by atoms with van der Waals surface area (Å²) in [6, 6.07) is 3.34. The summed E-state index contributed by atoms with van der Waals surface area (Å²) < 4.78 is 5.09. The van der Waals surface area contributed by atoms with Crippen molar-refractivity contribution in [2.24, 2.45) is 0 Å². The van der Waals surface area contributed by atoms with Gasteiger partial charge in [-0.15, -0.1) is 0 Å². The highest BCUT2D eigenvalue weighted by atomic mass is 35.5. The predicted molar refractivity (Wildman–Crippen MR) is 111 cm³/mol. The smallest absolute Gasteiger partial charge is 0.356 e. The van der Waals surface area contributed by atoms with Crippen molar-refractivity contribution in [3.05, 3.63) is 57.6 Å². The number of nitrogens with zero attached hydrogens (tertiary/aromatic N) is 1. The molecule has 0 saturated heterocycles. The summed E-state index contributed by atoms with van der Waals surface area (Å²) in [6.07, 6.45) is 3.26. The third-order valence-electron chi connectivity index (χ3n) is 4.71. The number of aliphatic hydroxyl groups is 3. The zero-order valence-corrected chi connectivity index (χ0v) is 17.1. The number of hydrogen-bond acceptors (Lipinski definition) is 7. The lowest BCUT2D eigenvalue weighted by Crippen LogP contribution is -2.07. The van der Waals surface area contributed by atoms with E-state index in [4.69, 9.17) is 16.3 Å². The number of imidazole rings is 1. The lowest BCUT2D eigenvalue weighted by molar-refractivity contribution is 0.0520. The van der Waals surface area contributed by atoms with E-state index in [9.17, 15) is 20.1 Å². The van der Waals surface area contributed by atoms with E-state index in [0.717, 1.165) is 0 Å². The Morgan fingerprint density at radius 2 is 1.97 bits per heavy atom. The monoisotopic (exact) mass is 434 g/mol. The number of nitrogens with one attached hydrogen (secondary N) is 3. The molecule has 9 nitrogen and oxygen atoms in total. The van der Waals surface area contributed by atoms with Gasteiger partial charge in [-0.05, 0) is 29.2 Å². The molecule has 2 heterocycles. The number of carbonyl (C=O) groups excluding carboxylic acids is 1. The van der Waals surface area contributed by atoms with Crippen molar-refractivity contribution in [2.75, 3.05) is 11.9 Å². The molecule has 2 aromatic heterocycles. The van der Waals surface area contributed by atoms with Crippen molar-refractivity contribution in [1.29, 1.82) is 0 Å². The van der Waals surface area contributed by atoms with E-state index >= 15 is 0 Å². The number of hydrogen-bond donors (Lipinski definition) is 6. The summed E-state index contributed by atoms with van der Waals surface area (Å²) in [7, 11) is 0. The van der Waals surface area contributed by atoms with Crippen LogP contribution in [0.15, 0.2) is 24.5 Å². The minimum atomic E-state index is -0.604. The molecule has 0 atom stereocenters. The first kappa shape index (κ1) is 21.8. The molecule has 0 radical (unpaired) electrons. The number of esters is 1. The molecule has 160 valence electrons. The van der Waals surface area contributed by atoms with Crippen molar-refractivity contribution < 1.29 is 24.9 Å². The number of carbonyl (C=O) groups is 1. The quantitative estimate of drug-likeness (QED) is 0.283. The van der Waals surface area contributed by atoms with Crippen LogP contribution >= 0.6 is 11.6 Å². The maximum absolute atomic E-state index is 12.4. The van der Waals surface area contributed by atoms with E-state index in [0.29, 0.717) is 39.5 Å². The molecule has 0 saturated carbocycles. The van der Waals surface area contributed by atoms with Gasteiger partial charge in [0.25, 0.3) is 0 Å². The van der Waals surface area contributed by atoms with Crippen molar-refractivity contribution in [3.8, 4) is 11.1 Å². The van der Waals surface area contributed by atoms with Crippen molar-refractivity contribution >= 4 is 23.5 Å². The zero-order chi connectivity index (χ0) is 21.7. The zero-order valence-electron chi connectivity index (χ0n) is 16.3. The van der Waals surface area contributed by atoms with Crippen LogP contribution in [-0.4, -0.2) is 42.8 Å². The van der Waals surface area contributed by atoms with Crippen LogP contribution in [0.2, 0.25) is 5.02 Å². The minimum Gasteiger partial charge on any atom is -0.461 e. The normalized spacial score (nSPS) is 11.0. The molecule has 3 rings (SSSR count). The van der Waals surface area contributed by atoms with Gasteiger partial charge in [0.2, 0.25) is 0 Å². The Hall–Kier alpha value is -2.85. The van der Waals surface area contributed by atoms with Gasteiger partial charge >= 0.3 is 5.97 Å². The molecule has 0 aliphatic heterocycles. The van der Waals surface area contributed by atoms with Crippen LogP contribution in [0.4, 0.5) is 5.95 Å². The van der Waals surface area contributed by atoms with Gasteiger partial charge in [-0.2, -0.15) is 0 Å². The second kappa shape index (κ2) is 9.77. The van der Waals surface area contributed by atoms with Crippen LogP contribution in [0.25, 0.3) is 11.1 Å². The number of aromatic amines is 2. The molecule has 0 bridgehead atoms. The second-order valence-corrected chi connectivity index (χ2v) is 6.76. The molecule has 6 N–H and O–H groups in total. The molecular weight excluding hydrogens is 412 g/mol. The molecule has 30 heavy (non-hydrogen) atoms. The number of aliphatic hydroxyl groups excluding tert-OH is 3. The summed E-state index contributed by atoms with van der Waals surface area (Å²) in [4.78, 5) is 22.4. The maximum atomic E-state index is 12.4. The van der Waals surface area contributed by atoms with Crippen molar-refractivity contribution in [1.82, 2.24) is 15.0 Å². The van der Waals surface area contributed by atoms with Gasteiger partial charge in [-0.1, -0.05) is 23.7 Å². The van der Waals surface area contributed by atoms with Crippen LogP contribution in [0.3, 0.4) is 0 Å². The number of benzene rings is 1. The molecule has 0 aliphatic rings. The number of halogens is 1. The van der Waals surface area contributed by atoms with Crippen LogP contribution in [0, 0.1) is 0 Å². The summed E-state index contributed by atoms with van der Waals surface area (Å²) in [6.45, 7) is 1.08. The SMILES string of the molecule is CCOC(=O)c1[nH]c(CNc2ncc[nH]2)c(-c2ccc(CO)c(CO)c2CO)c1Cl. The second-order valence-electron chi connectivity index (χ2n) is 6.38. The minimum absolute atomic E-state index is 0.0884. The lowest BCUT2D eigenvalue weighted by Gasteiger charge is -2.16. The largest absolute Gasteiger partial charge is 0.461 e. The van der Waals surface area contributed by atoms with Gasteiger partial charge in [0.15, 0.2) is 5.95 Å². The van der Waals surface area contributed by atoms with E-state index in [1.54, 1.807) is 31.5 Å². The van der Waals surface area contributed by atoms with E-state index < -0.39 is 5.97 Å². The first-order valence-corrected chi connectivity index (χ1v) is 9.70. The number of aromatic nitrogens is 3. The van der Waals surface area contributed by atoms with Crippen LogP contribution in [0.5, 0.6) is 0 Å². The fourth-order valence-corrected chi connectivity index (χ4v) is 3.66. The van der Waals surface area contributed by atoms with Gasteiger partial charge in [0.05, 0.1) is 38.0 Å². The molecule has 0 aliphatic carbocycles. The Labute approximate surface area is 177 Å². The van der Waals surface area contributed by atoms with Gasteiger partial charge in [-0.3, -0.25) is 0 Å². The number of H-pyrrole nitrogens is 2. The first-order chi connectivity index (χ1) is 14.5. The highest BCUT2D eigenvalue weighted by Crippen LogP contribution is 2.39. The predicted octanol–water partition coefficient (Wildman–Crippen LogP) is 2.32. The van der Waals surface area contributed by atoms with Gasteiger partial charge < -0.3 is 35.3 Å². The van der Waals surface area contributed by atoms with E-state index in [2.05, 4.69) is 20.3 Å². The van der Waals surface area contributed by atoms with E-state index in [1.165, 1.54) is 0 Å². The number of anilines is 1. The standard InChI is InChI=1S/C20H23ClN4O5/c1-2-30-19(29)18-17(21)16(15(25-18)7-24-20-22-5-6-23-20)12-4-3-11(8-26)13(9-27)14(12)10-28/h3-6,25-28H,2,7-10H2,1H3,(H2,22,23,24). The number of ether oxygens (including phenoxy) is 1. The molecular formula is C20H23ClN4O5. The third-order valence-corrected chi connectivity index (χ3v) is 5.09. The summed E-state index contributed by atoms with van der Waals surface area (Å²) in [5.74, 6) is -0.0775. The maximum Gasteiger partial charge on any atom is 0.356 e. The van der Waals surface area contributed by atoms with Crippen LogP contribution in [-0.2, 0) is 31.1 Å². The average Bonchev–Trinajstić information content (AvgIpc) is 3.38. The highest BCUT2D eigenvalue weighted by Gasteiger charge is 2.25. The topological polar surface area (TPSA) is 143 Å². The van der Waals surface area contributed by atoms with Crippen LogP contribution < -0.4 is 5.32 Å². The number of rotatable bonds is 9. The molecule has 0 fully saturated rings. The van der Waals surface area contributed by atoms with Crippen molar-refractivity contribution in [2.45, 2.75) is 33.3 Å². The Kier molecular flexibility index (Phi) is 7.11. The highest BCUT2D eigenvalue weighted by molar-refractivity contribution is 6.36. The Morgan fingerprint density at radius 1 is 1.20 bits per heavy atom. The van der Waals surface area contributed by atoms with E-state index in [1.807, 2.05) is 0 Å². The lowest BCUT2D eigenvalue weighted by atomic mass is 9.92. The van der Waals surface area contributed by atoms with Crippen LogP contribution in [0.1, 0.15) is 39.8 Å². The van der Waals surface area contributed by atoms with Gasteiger partial charge in [0.1, 0.15) is 5.69 Å². The molecule has 0 spiro atoms. The summed E-state index contributed by atoms with van der Waals surface area (Å²) in [5.41, 5.74) is 3.00. The van der Waals surface area contributed by atoms with Crippen molar-refractivity contribution in [3.63, 3.8) is 0 Å². The molecule has 0 unspecified atom stereocenters.